The number of aryl methyl sites for hydroxylation is 1. The van der Waals surface area contributed by atoms with Gasteiger partial charge >= 0.3 is 0 Å². The maximum absolute atomic E-state index is 10.9. The number of carbonyl (C=O) groups excluding carboxylic acids is 1. The van der Waals surface area contributed by atoms with Crippen molar-refractivity contribution in [1.82, 2.24) is 10.3 Å². The number of pyridine rings is 1. The average Bonchev–Trinajstić information content (AvgIpc) is 2.16. The molecule has 0 bridgehead atoms. The van der Waals surface area contributed by atoms with Crippen molar-refractivity contribution in [1.29, 1.82) is 0 Å². The molecule has 0 saturated heterocycles. The molecule has 1 N–H and O–H groups in total. The summed E-state index contributed by atoms with van der Waals surface area (Å²) < 4.78 is 0. The zero-order valence-corrected chi connectivity index (χ0v) is 7.58. The second-order valence-electron chi connectivity index (χ2n) is 2.72. The SMILES string of the molecule is C=CC(=O)NCc1ccncc1C. The predicted molar refractivity (Wildman–Crippen MR) is 51.0 cm³/mol. The summed E-state index contributed by atoms with van der Waals surface area (Å²) in [5.74, 6) is -0.156. The van der Waals surface area contributed by atoms with E-state index in [2.05, 4.69) is 16.9 Å². The van der Waals surface area contributed by atoms with E-state index in [4.69, 9.17) is 0 Å². The van der Waals surface area contributed by atoms with Crippen LogP contribution in [0.2, 0.25) is 0 Å². The molecular formula is C10H12N2O. The van der Waals surface area contributed by atoms with Crippen LogP contribution in [-0.4, -0.2) is 10.9 Å². The van der Waals surface area contributed by atoms with Crippen molar-refractivity contribution in [2.75, 3.05) is 0 Å². The van der Waals surface area contributed by atoms with Crippen LogP contribution in [0.3, 0.4) is 0 Å². The molecule has 0 aliphatic carbocycles. The van der Waals surface area contributed by atoms with E-state index < -0.39 is 0 Å². The minimum Gasteiger partial charge on any atom is -0.348 e. The van der Waals surface area contributed by atoms with Gasteiger partial charge in [0.2, 0.25) is 5.91 Å². The highest BCUT2D eigenvalue weighted by molar-refractivity contribution is 5.86. The Morgan fingerprint density at radius 3 is 3.15 bits per heavy atom. The van der Waals surface area contributed by atoms with Crippen molar-refractivity contribution >= 4 is 5.91 Å². The molecule has 0 fully saturated rings. The van der Waals surface area contributed by atoms with Crippen molar-refractivity contribution in [2.24, 2.45) is 0 Å². The van der Waals surface area contributed by atoms with Gasteiger partial charge in [0.25, 0.3) is 0 Å². The molecule has 13 heavy (non-hydrogen) atoms. The molecule has 3 heteroatoms. The molecule has 1 rings (SSSR count). The van der Waals surface area contributed by atoms with Crippen molar-refractivity contribution in [3.63, 3.8) is 0 Å². The monoisotopic (exact) mass is 176 g/mol. The third-order valence-corrected chi connectivity index (χ3v) is 1.77. The summed E-state index contributed by atoms with van der Waals surface area (Å²) in [6.45, 7) is 5.86. The number of carbonyl (C=O) groups is 1. The number of nitrogens with one attached hydrogen (secondary N) is 1. The standard InChI is InChI=1S/C10H12N2O/c1-3-10(13)12-7-9-4-5-11-6-8(9)2/h3-6H,1,7H2,2H3,(H,12,13). The van der Waals surface area contributed by atoms with Gasteiger partial charge in [-0.15, -0.1) is 0 Å². The minimum absolute atomic E-state index is 0.156. The maximum Gasteiger partial charge on any atom is 0.243 e. The van der Waals surface area contributed by atoms with Crippen molar-refractivity contribution in [2.45, 2.75) is 13.5 Å². The van der Waals surface area contributed by atoms with Crippen LogP contribution >= 0.6 is 0 Å². The van der Waals surface area contributed by atoms with Crippen LogP contribution in [-0.2, 0) is 11.3 Å². The maximum atomic E-state index is 10.9. The van der Waals surface area contributed by atoms with Crippen LogP contribution in [0.15, 0.2) is 31.1 Å². The van der Waals surface area contributed by atoms with Crippen molar-refractivity contribution < 1.29 is 4.79 Å². The normalized spacial score (nSPS) is 9.31. The van der Waals surface area contributed by atoms with Crippen molar-refractivity contribution in [3.05, 3.63) is 42.2 Å². The van der Waals surface area contributed by atoms with E-state index in [0.717, 1.165) is 11.1 Å². The number of hydrogen-bond acceptors (Lipinski definition) is 2. The lowest BCUT2D eigenvalue weighted by molar-refractivity contribution is -0.116. The van der Waals surface area contributed by atoms with E-state index in [1.807, 2.05) is 13.0 Å². The lowest BCUT2D eigenvalue weighted by Gasteiger charge is -2.04. The van der Waals surface area contributed by atoms with Gasteiger partial charge in [0.15, 0.2) is 0 Å². The zero-order chi connectivity index (χ0) is 9.68. The molecule has 0 aromatic carbocycles. The lowest BCUT2D eigenvalue weighted by atomic mass is 10.1. The summed E-state index contributed by atoms with van der Waals surface area (Å²) >= 11 is 0. The summed E-state index contributed by atoms with van der Waals surface area (Å²) in [4.78, 5) is 14.8. The lowest BCUT2D eigenvalue weighted by Crippen LogP contribution is -2.20. The molecule has 1 amide bonds. The molecule has 0 spiro atoms. The van der Waals surface area contributed by atoms with Gasteiger partial charge in [0, 0.05) is 18.9 Å². The number of amides is 1. The third-order valence-electron chi connectivity index (χ3n) is 1.77. The molecule has 3 nitrogen and oxygen atoms in total. The van der Waals surface area contributed by atoms with Gasteiger partial charge < -0.3 is 5.32 Å². The molecule has 1 aromatic heterocycles. The van der Waals surface area contributed by atoms with Crippen LogP contribution in [0.4, 0.5) is 0 Å². The number of aromatic nitrogens is 1. The fourth-order valence-electron chi connectivity index (χ4n) is 0.955. The highest BCUT2D eigenvalue weighted by Crippen LogP contribution is 2.03. The van der Waals surface area contributed by atoms with E-state index >= 15 is 0 Å². The minimum atomic E-state index is -0.156. The topological polar surface area (TPSA) is 42.0 Å². The van der Waals surface area contributed by atoms with Gasteiger partial charge in [-0.3, -0.25) is 9.78 Å². The number of rotatable bonds is 3. The summed E-state index contributed by atoms with van der Waals surface area (Å²) in [6.07, 6.45) is 4.74. The molecule has 0 radical (unpaired) electrons. The first kappa shape index (κ1) is 9.45. The van der Waals surface area contributed by atoms with Gasteiger partial charge in [-0.25, -0.2) is 0 Å². The first-order valence-corrected chi connectivity index (χ1v) is 4.04. The Labute approximate surface area is 77.5 Å². The molecule has 68 valence electrons. The largest absolute Gasteiger partial charge is 0.348 e. The summed E-state index contributed by atoms with van der Waals surface area (Å²) in [5, 5.41) is 2.70. The second-order valence-corrected chi connectivity index (χ2v) is 2.72. The van der Waals surface area contributed by atoms with Crippen LogP contribution < -0.4 is 5.32 Å². The van der Waals surface area contributed by atoms with E-state index in [1.165, 1.54) is 6.08 Å². The average molecular weight is 176 g/mol. The van der Waals surface area contributed by atoms with Gasteiger partial charge in [-0.1, -0.05) is 6.58 Å². The molecule has 0 unspecified atom stereocenters. The van der Waals surface area contributed by atoms with E-state index in [-0.39, 0.29) is 5.91 Å². The highest BCUT2D eigenvalue weighted by Gasteiger charge is 1.98. The predicted octanol–water partition coefficient (Wildman–Crippen LogP) is 1.19. The van der Waals surface area contributed by atoms with Gasteiger partial charge in [0.1, 0.15) is 0 Å². The van der Waals surface area contributed by atoms with Crippen molar-refractivity contribution in [3.8, 4) is 0 Å². The molecular weight excluding hydrogens is 164 g/mol. The van der Waals surface area contributed by atoms with E-state index in [9.17, 15) is 4.79 Å². The summed E-state index contributed by atoms with van der Waals surface area (Å²) in [5.41, 5.74) is 2.15. The third kappa shape index (κ3) is 2.71. The Bertz CT molecular complexity index is 320. The van der Waals surface area contributed by atoms with Gasteiger partial charge in [0.05, 0.1) is 0 Å². The Morgan fingerprint density at radius 1 is 1.77 bits per heavy atom. The Balaban J connectivity index is 2.59. The second kappa shape index (κ2) is 4.40. The zero-order valence-electron chi connectivity index (χ0n) is 7.58. The Hall–Kier alpha value is -1.64. The fourth-order valence-corrected chi connectivity index (χ4v) is 0.955. The summed E-state index contributed by atoms with van der Waals surface area (Å²) in [6, 6.07) is 1.89. The Morgan fingerprint density at radius 2 is 2.54 bits per heavy atom. The summed E-state index contributed by atoms with van der Waals surface area (Å²) in [7, 11) is 0. The molecule has 1 heterocycles. The van der Waals surface area contributed by atoms with Gasteiger partial charge in [-0.05, 0) is 30.2 Å². The molecule has 0 atom stereocenters. The van der Waals surface area contributed by atoms with Crippen LogP contribution in [0.25, 0.3) is 0 Å². The first-order chi connectivity index (χ1) is 6.24. The highest BCUT2D eigenvalue weighted by atomic mass is 16.1. The van der Waals surface area contributed by atoms with Crippen LogP contribution in [0, 0.1) is 6.92 Å². The van der Waals surface area contributed by atoms with E-state index in [1.54, 1.807) is 12.4 Å². The van der Waals surface area contributed by atoms with Gasteiger partial charge in [-0.2, -0.15) is 0 Å². The molecule has 1 aromatic rings. The Kier molecular flexibility index (Phi) is 3.20. The quantitative estimate of drug-likeness (QED) is 0.703. The smallest absolute Gasteiger partial charge is 0.243 e. The molecule has 0 aliphatic rings. The van der Waals surface area contributed by atoms with Crippen LogP contribution in [0.1, 0.15) is 11.1 Å². The molecule has 0 saturated carbocycles. The first-order valence-electron chi connectivity index (χ1n) is 4.04. The number of hydrogen-bond donors (Lipinski definition) is 1. The van der Waals surface area contributed by atoms with Crippen LogP contribution in [0.5, 0.6) is 0 Å². The fraction of sp³-hybridized carbons (Fsp3) is 0.200. The van der Waals surface area contributed by atoms with E-state index in [0.29, 0.717) is 6.54 Å². The molecule has 0 aliphatic heterocycles. The number of nitrogens with zero attached hydrogens (tertiary/aromatic N) is 1.